The molecule has 0 fully saturated rings. The zero-order chi connectivity index (χ0) is 10.8. The zero-order valence-electron chi connectivity index (χ0n) is 8.87. The van der Waals surface area contributed by atoms with E-state index < -0.39 is 0 Å². The van der Waals surface area contributed by atoms with Crippen molar-refractivity contribution in [3.8, 4) is 11.5 Å². The molecule has 14 heavy (non-hydrogen) atoms. The largest absolute Gasteiger partial charge is 0.508 e. The van der Waals surface area contributed by atoms with Crippen LogP contribution in [0.15, 0.2) is 18.2 Å². The molecule has 0 aromatic heterocycles. The van der Waals surface area contributed by atoms with Crippen LogP contribution in [-0.4, -0.2) is 10.7 Å². The number of nitrogens with two attached hydrogens (primary N) is 1. The minimum absolute atomic E-state index is 0.196. The highest BCUT2D eigenvalue weighted by atomic mass is 16.5. The molecular formula is C11H17NO2. The lowest BCUT2D eigenvalue weighted by Crippen LogP contribution is -2.23. The molecule has 0 saturated carbocycles. The molecule has 0 atom stereocenters. The number of hydrogen-bond donors (Lipinski definition) is 2. The van der Waals surface area contributed by atoms with E-state index in [-0.39, 0.29) is 11.4 Å². The molecular weight excluding hydrogens is 178 g/mol. The lowest BCUT2D eigenvalue weighted by atomic mass is 10.1. The Morgan fingerprint density at radius 2 is 2.00 bits per heavy atom. The Morgan fingerprint density at radius 1 is 1.36 bits per heavy atom. The normalized spacial score (nSPS) is 11.4. The van der Waals surface area contributed by atoms with Gasteiger partial charge in [0.1, 0.15) is 17.1 Å². The Kier molecular flexibility index (Phi) is 3.01. The van der Waals surface area contributed by atoms with Crippen molar-refractivity contribution in [2.24, 2.45) is 5.73 Å². The maximum Gasteiger partial charge on any atom is 0.128 e. The molecule has 0 aliphatic rings. The van der Waals surface area contributed by atoms with E-state index in [0.29, 0.717) is 12.3 Å². The van der Waals surface area contributed by atoms with E-state index in [9.17, 15) is 5.11 Å². The van der Waals surface area contributed by atoms with Gasteiger partial charge in [-0.25, -0.2) is 0 Å². The lowest BCUT2D eigenvalue weighted by molar-refractivity contribution is 0.129. The van der Waals surface area contributed by atoms with Gasteiger partial charge in [-0.05, 0) is 26.8 Å². The fourth-order valence-electron chi connectivity index (χ4n) is 1.14. The van der Waals surface area contributed by atoms with Crippen LogP contribution in [0, 0.1) is 0 Å². The summed E-state index contributed by atoms with van der Waals surface area (Å²) in [5, 5.41) is 9.31. The van der Waals surface area contributed by atoms with E-state index in [1.807, 2.05) is 20.8 Å². The molecule has 0 amide bonds. The number of phenols is 1. The second-order valence-corrected chi connectivity index (χ2v) is 4.21. The van der Waals surface area contributed by atoms with Gasteiger partial charge in [0.05, 0.1) is 0 Å². The molecule has 0 radical (unpaired) electrons. The van der Waals surface area contributed by atoms with E-state index in [1.54, 1.807) is 18.2 Å². The molecule has 3 heteroatoms. The van der Waals surface area contributed by atoms with Gasteiger partial charge in [0.2, 0.25) is 0 Å². The highest BCUT2D eigenvalue weighted by Gasteiger charge is 2.14. The van der Waals surface area contributed by atoms with Crippen LogP contribution in [0.2, 0.25) is 0 Å². The Morgan fingerprint density at radius 3 is 2.50 bits per heavy atom. The van der Waals surface area contributed by atoms with Crippen LogP contribution >= 0.6 is 0 Å². The number of benzene rings is 1. The Bertz CT molecular complexity index is 316. The first-order valence-electron chi connectivity index (χ1n) is 4.63. The van der Waals surface area contributed by atoms with Crippen LogP contribution in [0.4, 0.5) is 0 Å². The smallest absolute Gasteiger partial charge is 0.128 e. The fourth-order valence-corrected chi connectivity index (χ4v) is 1.14. The second kappa shape index (κ2) is 3.88. The lowest BCUT2D eigenvalue weighted by Gasteiger charge is -2.23. The highest BCUT2D eigenvalue weighted by molar-refractivity contribution is 5.40. The van der Waals surface area contributed by atoms with Gasteiger partial charge >= 0.3 is 0 Å². The van der Waals surface area contributed by atoms with Crippen LogP contribution in [-0.2, 0) is 6.54 Å². The van der Waals surface area contributed by atoms with Gasteiger partial charge in [0, 0.05) is 18.2 Å². The molecule has 3 nitrogen and oxygen atoms in total. The summed E-state index contributed by atoms with van der Waals surface area (Å²) >= 11 is 0. The molecule has 78 valence electrons. The van der Waals surface area contributed by atoms with Gasteiger partial charge in [-0.1, -0.05) is 6.07 Å². The number of aromatic hydroxyl groups is 1. The molecule has 0 aliphatic carbocycles. The Balaban J connectivity index is 2.99. The first-order chi connectivity index (χ1) is 6.42. The molecule has 0 unspecified atom stereocenters. The quantitative estimate of drug-likeness (QED) is 0.759. The maximum absolute atomic E-state index is 9.31. The summed E-state index contributed by atoms with van der Waals surface area (Å²) in [5.41, 5.74) is 6.18. The first-order valence-corrected chi connectivity index (χ1v) is 4.63. The third-order valence-electron chi connectivity index (χ3n) is 1.69. The zero-order valence-corrected chi connectivity index (χ0v) is 8.87. The van der Waals surface area contributed by atoms with Crippen molar-refractivity contribution in [3.63, 3.8) is 0 Å². The van der Waals surface area contributed by atoms with Crippen LogP contribution in [0.25, 0.3) is 0 Å². The average molecular weight is 195 g/mol. The topological polar surface area (TPSA) is 55.5 Å². The molecule has 1 rings (SSSR count). The summed E-state index contributed by atoms with van der Waals surface area (Å²) in [5.74, 6) is 0.849. The molecule has 0 saturated heterocycles. The van der Waals surface area contributed by atoms with Crippen molar-refractivity contribution < 1.29 is 9.84 Å². The van der Waals surface area contributed by atoms with E-state index in [1.165, 1.54) is 0 Å². The fraction of sp³-hybridized carbons (Fsp3) is 0.455. The van der Waals surface area contributed by atoms with Gasteiger partial charge in [0.15, 0.2) is 0 Å². The molecule has 0 spiro atoms. The van der Waals surface area contributed by atoms with Crippen molar-refractivity contribution in [1.29, 1.82) is 0 Å². The van der Waals surface area contributed by atoms with Gasteiger partial charge in [-0.2, -0.15) is 0 Å². The summed E-state index contributed by atoms with van der Waals surface area (Å²) in [6, 6.07) is 4.97. The number of hydrogen-bond acceptors (Lipinski definition) is 3. The van der Waals surface area contributed by atoms with E-state index in [4.69, 9.17) is 10.5 Å². The van der Waals surface area contributed by atoms with E-state index >= 15 is 0 Å². The van der Waals surface area contributed by atoms with Crippen molar-refractivity contribution in [2.75, 3.05) is 0 Å². The SMILES string of the molecule is CC(C)(C)Oc1cc(O)ccc1CN. The van der Waals surface area contributed by atoms with Crippen molar-refractivity contribution in [1.82, 2.24) is 0 Å². The average Bonchev–Trinajstić information content (AvgIpc) is 2.01. The van der Waals surface area contributed by atoms with Crippen molar-refractivity contribution in [3.05, 3.63) is 23.8 Å². The Hall–Kier alpha value is -1.22. The molecule has 1 aromatic rings. The number of ether oxygens (including phenoxy) is 1. The summed E-state index contributed by atoms with van der Waals surface area (Å²) in [4.78, 5) is 0. The van der Waals surface area contributed by atoms with Gasteiger partial charge < -0.3 is 15.6 Å². The third kappa shape index (κ3) is 2.92. The van der Waals surface area contributed by atoms with E-state index in [0.717, 1.165) is 5.56 Å². The van der Waals surface area contributed by atoms with Crippen LogP contribution < -0.4 is 10.5 Å². The third-order valence-corrected chi connectivity index (χ3v) is 1.69. The minimum atomic E-state index is -0.280. The molecule has 1 aromatic carbocycles. The van der Waals surface area contributed by atoms with Crippen LogP contribution in [0.5, 0.6) is 11.5 Å². The highest BCUT2D eigenvalue weighted by Crippen LogP contribution is 2.26. The second-order valence-electron chi connectivity index (χ2n) is 4.21. The molecule has 3 N–H and O–H groups in total. The summed E-state index contributed by atoms with van der Waals surface area (Å²) in [6.45, 7) is 6.28. The maximum atomic E-state index is 9.31. The van der Waals surface area contributed by atoms with Gasteiger partial charge in [-0.15, -0.1) is 0 Å². The van der Waals surface area contributed by atoms with Crippen LogP contribution in [0.3, 0.4) is 0 Å². The van der Waals surface area contributed by atoms with Crippen LogP contribution in [0.1, 0.15) is 26.3 Å². The monoisotopic (exact) mass is 195 g/mol. The summed E-state index contributed by atoms with van der Waals surface area (Å²) in [7, 11) is 0. The Labute approximate surface area is 84.5 Å². The van der Waals surface area contributed by atoms with E-state index in [2.05, 4.69) is 0 Å². The summed E-state index contributed by atoms with van der Waals surface area (Å²) in [6.07, 6.45) is 0. The molecule has 0 aliphatic heterocycles. The number of phenolic OH excluding ortho intramolecular Hbond substituents is 1. The van der Waals surface area contributed by atoms with Gasteiger partial charge in [0.25, 0.3) is 0 Å². The predicted octanol–water partition coefficient (Wildman–Crippen LogP) is 2.03. The predicted molar refractivity (Wildman–Crippen MR) is 56.4 cm³/mol. The molecule has 0 heterocycles. The first kappa shape index (κ1) is 10.9. The van der Waals surface area contributed by atoms with Crippen molar-refractivity contribution >= 4 is 0 Å². The minimum Gasteiger partial charge on any atom is -0.508 e. The van der Waals surface area contributed by atoms with Gasteiger partial charge in [-0.3, -0.25) is 0 Å². The number of rotatable bonds is 2. The summed E-state index contributed by atoms with van der Waals surface area (Å²) < 4.78 is 5.66. The van der Waals surface area contributed by atoms with Crippen molar-refractivity contribution in [2.45, 2.75) is 32.9 Å². The standard InChI is InChI=1S/C11H17NO2/c1-11(2,3)14-10-6-9(13)5-4-8(10)7-12/h4-6,13H,7,12H2,1-3H3. The molecule has 0 bridgehead atoms.